The van der Waals surface area contributed by atoms with Crippen LogP contribution < -0.4 is 5.32 Å². The van der Waals surface area contributed by atoms with Gasteiger partial charge in [0.2, 0.25) is 5.95 Å². The molecule has 3 nitrogen and oxygen atoms in total. The summed E-state index contributed by atoms with van der Waals surface area (Å²) in [6.45, 7) is 2.50. The standard InChI is InChI=1S/C13H12F3N3S/c1-2-17-13-18-7-10(14)11(19-13)8-3-5-9(6-4-8)20-12(15)16/h3-7,12H,2H2,1H3,(H,17,18,19). The van der Waals surface area contributed by atoms with Crippen molar-refractivity contribution >= 4 is 17.7 Å². The Kier molecular flexibility index (Phi) is 4.84. The van der Waals surface area contributed by atoms with Gasteiger partial charge in [0.25, 0.3) is 5.76 Å². The van der Waals surface area contributed by atoms with Crippen molar-refractivity contribution in [3.8, 4) is 11.3 Å². The molecule has 2 rings (SSSR count). The molecule has 0 unspecified atom stereocenters. The highest BCUT2D eigenvalue weighted by molar-refractivity contribution is 7.99. The van der Waals surface area contributed by atoms with Gasteiger partial charge >= 0.3 is 0 Å². The fraction of sp³-hybridized carbons (Fsp3) is 0.231. The SMILES string of the molecule is CCNc1ncc(F)c(-c2ccc(SC(F)F)cc2)n1. The number of hydrogen-bond acceptors (Lipinski definition) is 4. The predicted molar refractivity (Wildman–Crippen MR) is 73.5 cm³/mol. The number of hydrogen-bond donors (Lipinski definition) is 1. The summed E-state index contributed by atoms with van der Waals surface area (Å²) in [7, 11) is 0. The Hall–Kier alpha value is -1.76. The lowest BCUT2D eigenvalue weighted by molar-refractivity contribution is 0.252. The Morgan fingerprint density at radius 3 is 2.55 bits per heavy atom. The number of halogens is 3. The van der Waals surface area contributed by atoms with Crippen LogP contribution in [0.15, 0.2) is 35.4 Å². The molecular formula is C13H12F3N3S. The lowest BCUT2D eigenvalue weighted by Crippen LogP contribution is -2.04. The van der Waals surface area contributed by atoms with E-state index in [1.807, 2.05) is 6.92 Å². The molecule has 0 aliphatic carbocycles. The van der Waals surface area contributed by atoms with Crippen LogP contribution in [-0.2, 0) is 0 Å². The van der Waals surface area contributed by atoms with E-state index in [0.29, 0.717) is 34.7 Å². The molecule has 1 aromatic heterocycles. The maximum atomic E-state index is 13.7. The molecule has 0 fully saturated rings. The Labute approximate surface area is 118 Å². The third-order valence-corrected chi connectivity index (χ3v) is 3.15. The van der Waals surface area contributed by atoms with E-state index in [1.54, 1.807) is 12.1 Å². The number of aromatic nitrogens is 2. The summed E-state index contributed by atoms with van der Waals surface area (Å²) in [5.74, 6) is -2.70. The minimum atomic E-state index is -2.48. The van der Waals surface area contributed by atoms with E-state index < -0.39 is 11.6 Å². The van der Waals surface area contributed by atoms with Crippen LogP contribution in [0.5, 0.6) is 0 Å². The number of rotatable bonds is 5. The van der Waals surface area contributed by atoms with Gasteiger partial charge in [-0.25, -0.2) is 14.4 Å². The van der Waals surface area contributed by atoms with Crippen molar-refractivity contribution in [3.63, 3.8) is 0 Å². The van der Waals surface area contributed by atoms with Crippen LogP contribution in [0.3, 0.4) is 0 Å². The van der Waals surface area contributed by atoms with Crippen molar-refractivity contribution in [2.24, 2.45) is 0 Å². The molecule has 106 valence electrons. The van der Waals surface area contributed by atoms with Crippen LogP contribution in [0, 0.1) is 5.82 Å². The Balaban J connectivity index is 2.28. The van der Waals surface area contributed by atoms with E-state index in [9.17, 15) is 13.2 Å². The number of nitrogens with zero attached hydrogens (tertiary/aromatic N) is 2. The van der Waals surface area contributed by atoms with Crippen molar-refractivity contribution in [1.29, 1.82) is 0 Å². The van der Waals surface area contributed by atoms with Crippen LogP contribution in [-0.4, -0.2) is 22.3 Å². The summed E-state index contributed by atoms with van der Waals surface area (Å²) < 4.78 is 38.2. The van der Waals surface area contributed by atoms with E-state index in [2.05, 4.69) is 15.3 Å². The first kappa shape index (κ1) is 14.6. The van der Waals surface area contributed by atoms with Gasteiger partial charge in [0.05, 0.1) is 6.20 Å². The van der Waals surface area contributed by atoms with E-state index in [4.69, 9.17) is 0 Å². The monoisotopic (exact) mass is 299 g/mol. The Morgan fingerprint density at radius 1 is 1.25 bits per heavy atom. The molecule has 1 N–H and O–H groups in total. The molecule has 0 aliphatic heterocycles. The van der Waals surface area contributed by atoms with Gasteiger partial charge in [-0.1, -0.05) is 23.9 Å². The number of alkyl halides is 2. The van der Waals surface area contributed by atoms with Gasteiger partial charge in [-0.15, -0.1) is 0 Å². The summed E-state index contributed by atoms with van der Waals surface area (Å²) in [6, 6.07) is 6.15. The molecule has 20 heavy (non-hydrogen) atoms. The summed E-state index contributed by atoms with van der Waals surface area (Å²) in [4.78, 5) is 8.30. The zero-order valence-corrected chi connectivity index (χ0v) is 11.4. The highest BCUT2D eigenvalue weighted by atomic mass is 32.2. The highest BCUT2D eigenvalue weighted by Crippen LogP contribution is 2.28. The molecule has 7 heteroatoms. The minimum Gasteiger partial charge on any atom is -0.354 e. The fourth-order valence-corrected chi connectivity index (χ4v) is 2.11. The fourth-order valence-electron chi connectivity index (χ4n) is 1.61. The van der Waals surface area contributed by atoms with Gasteiger partial charge in [0.1, 0.15) is 5.69 Å². The van der Waals surface area contributed by atoms with Gasteiger partial charge in [-0.2, -0.15) is 8.78 Å². The number of nitrogens with one attached hydrogen (secondary N) is 1. The largest absolute Gasteiger partial charge is 0.354 e. The molecular weight excluding hydrogens is 287 g/mol. The second kappa shape index (κ2) is 6.60. The quantitative estimate of drug-likeness (QED) is 0.846. The van der Waals surface area contributed by atoms with Crippen LogP contribution >= 0.6 is 11.8 Å². The van der Waals surface area contributed by atoms with Crippen molar-refractivity contribution < 1.29 is 13.2 Å². The lowest BCUT2D eigenvalue weighted by Gasteiger charge is -2.07. The predicted octanol–water partition coefficient (Wildman–Crippen LogP) is 4.03. The first-order valence-electron chi connectivity index (χ1n) is 5.91. The molecule has 0 aliphatic rings. The second-order valence-corrected chi connectivity index (χ2v) is 4.89. The Bertz CT molecular complexity index is 576. The average Bonchev–Trinajstić information content (AvgIpc) is 2.42. The topological polar surface area (TPSA) is 37.8 Å². The summed E-state index contributed by atoms with van der Waals surface area (Å²) in [5.41, 5.74) is 0.659. The zero-order chi connectivity index (χ0) is 14.5. The van der Waals surface area contributed by atoms with E-state index in [0.717, 1.165) is 6.20 Å². The first-order valence-corrected chi connectivity index (χ1v) is 6.79. The summed E-state index contributed by atoms with van der Waals surface area (Å²) in [6.07, 6.45) is 1.09. The average molecular weight is 299 g/mol. The maximum absolute atomic E-state index is 13.7. The third kappa shape index (κ3) is 3.63. The van der Waals surface area contributed by atoms with Gasteiger partial charge in [0, 0.05) is 17.0 Å². The van der Waals surface area contributed by atoms with E-state index >= 15 is 0 Å². The maximum Gasteiger partial charge on any atom is 0.288 e. The van der Waals surface area contributed by atoms with Crippen molar-refractivity contribution in [2.45, 2.75) is 17.6 Å². The summed E-state index contributed by atoms with van der Waals surface area (Å²) >= 11 is 0.446. The van der Waals surface area contributed by atoms with Gasteiger partial charge in [-0.05, 0) is 19.1 Å². The van der Waals surface area contributed by atoms with Crippen LogP contribution in [0.1, 0.15) is 6.92 Å². The van der Waals surface area contributed by atoms with Gasteiger partial charge < -0.3 is 5.32 Å². The first-order chi connectivity index (χ1) is 9.60. The molecule has 0 spiro atoms. The van der Waals surface area contributed by atoms with Gasteiger partial charge in [-0.3, -0.25) is 0 Å². The molecule has 0 atom stereocenters. The number of benzene rings is 1. The van der Waals surface area contributed by atoms with Crippen LogP contribution in [0.25, 0.3) is 11.3 Å². The van der Waals surface area contributed by atoms with Crippen LogP contribution in [0.2, 0.25) is 0 Å². The summed E-state index contributed by atoms with van der Waals surface area (Å²) in [5, 5.41) is 2.89. The van der Waals surface area contributed by atoms with E-state index in [-0.39, 0.29) is 5.69 Å². The van der Waals surface area contributed by atoms with Gasteiger partial charge in [0.15, 0.2) is 5.82 Å². The number of anilines is 1. The number of thioether (sulfide) groups is 1. The third-order valence-electron chi connectivity index (χ3n) is 2.43. The second-order valence-electron chi connectivity index (χ2n) is 3.82. The molecule has 0 saturated heterocycles. The van der Waals surface area contributed by atoms with Crippen molar-refractivity contribution in [1.82, 2.24) is 9.97 Å². The molecule has 1 heterocycles. The van der Waals surface area contributed by atoms with Crippen LogP contribution in [0.4, 0.5) is 19.1 Å². The molecule has 1 aromatic carbocycles. The molecule has 0 bridgehead atoms. The molecule has 0 amide bonds. The Morgan fingerprint density at radius 2 is 1.95 bits per heavy atom. The smallest absolute Gasteiger partial charge is 0.288 e. The zero-order valence-electron chi connectivity index (χ0n) is 10.6. The normalized spacial score (nSPS) is 10.8. The molecule has 0 radical (unpaired) electrons. The lowest BCUT2D eigenvalue weighted by atomic mass is 10.1. The minimum absolute atomic E-state index is 0.143. The van der Waals surface area contributed by atoms with E-state index in [1.165, 1.54) is 12.1 Å². The highest BCUT2D eigenvalue weighted by Gasteiger charge is 2.10. The van der Waals surface area contributed by atoms with Crippen molar-refractivity contribution in [3.05, 3.63) is 36.3 Å². The van der Waals surface area contributed by atoms with Crippen molar-refractivity contribution in [2.75, 3.05) is 11.9 Å². The molecule has 2 aromatic rings. The molecule has 0 saturated carbocycles.